The molecule has 1 aliphatic heterocycles. The molecule has 28 heavy (non-hydrogen) atoms. The lowest BCUT2D eigenvalue weighted by Crippen LogP contribution is -2.43. The van der Waals surface area contributed by atoms with Gasteiger partial charge in [0.2, 0.25) is 0 Å². The SMILES string of the molecule is CC(C)C[C@H]1c2nc(C3CC3)nn2CCN1C(=O)c1cnc2cnn(C)c2c1. The maximum Gasteiger partial charge on any atom is 0.256 e. The summed E-state index contributed by atoms with van der Waals surface area (Å²) in [6.45, 7) is 5.70. The summed E-state index contributed by atoms with van der Waals surface area (Å²) in [5.74, 6) is 2.85. The summed E-state index contributed by atoms with van der Waals surface area (Å²) >= 11 is 0. The number of hydrogen-bond donors (Lipinski definition) is 0. The Morgan fingerprint density at radius 1 is 1.25 bits per heavy atom. The van der Waals surface area contributed by atoms with Crippen molar-refractivity contribution < 1.29 is 4.79 Å². The van der Waals surface area contributed by atoms with Crippen LogP contribution in [0.2, 0.25) is 0 Å². The van der Waals surface area contributed by atoms with Crippen LogP contribution in [0.25, 0.3) is 11.0 Å². The second kappa shape index (κ2) is 6.39. The Bertz CT molecular complexity index is 1050. The molecule has 0 spiro atoms. The van der Waals surface area contributed by atoms with Gasteiger partial charge in [-0.25, -0.2) is 9.67 Å². The van der Waals surface area contributed by atoms with Crippen molar-refractivity contribution in [2.45, 2.75) is 51.6 Å². The van der Waals surface area contributed by atoms with Gasteiger partial charge < -0.3 is 4.90 Å². The number of pyridine rings is 1. The van der Waals surface area contributed by atoms with Crippen LogP contribution >= 0.6 is 0 Å². The number of carbonyl (C=O) groups excluding carboxylic acids is 1. The van der Waals surface area contributed by atoms with E-state index in [0.717, 1.165) is 29.1 Å². The number of aromatic nitrogens is 6. The standard InChI is InChI=1S/C20H25N7O/c1-12(2)8-17-19-23-18(13-4-5-13)24-27(19)7-6-26(17)20(28)14-9-16-15(21-10-14)11-22-25(16)3/h9-13,17H,4-8H2,1-3H3/t17-/m0/s1. The minimum atomic E-state index is -0.0523. The Hall–Kier alpha value is -2.77. The van der Waals surface area contributed by atoms with Crippen LogP contribution in [0.4, 0.5) is 0 Å². The zero-order chi connectivity index (χ0) is 19.4. The maximum atomic E-state index is 13.4. The zero-order valence-corrected chi connectivity index (χ0v) is 16.5. The first kappa shape index (κ1) is 17.3. The Morgan fingerprint density at radius 3 is 2.82 bits per heavy atom. The third kappa shape index (κ3) is 2.87. The molecule has 0 bridgehead atoms. The lowest BCUT2D eigenvalue weighted by molar-refractivity contribution is 0.0578. The summed E-state index contributed by atoms with van der Waals surface area (Å²) in [4.78, 5) is 24.7. The van der Waals surface area contributed by atoms with Gasteiger partial charge in [0.15, 0.2) is 5.82 Å². The maximum absolute atomic E-state index is 13.4. The predicted molar refractivity (Wildman–Crippen MR) is 104 cm³/mol. The second-order valence-corrected chi connectivity index (χ2v) is 8.37. The normalized spacial score (nSPS) is 19.4. The number of nitrogens with zero attached hydrogens (tertiary/aromatic N) is 7. The highest BCUT2D eigenvalue weighted by molar-refractivity contribution is 5.97. The largest absolute Gasteiger partial charge is 0.326 e. The third-order valence-electron chi connectivity index (χ3n) is 5.69. The van der Waals surface area contributed by atoms with E-state index in [1.54, 1.807) is 17.1 Å². The van der Waals surface area contributed by atoms with E-state index in [1.807, 2.05) is 22.7 Å². The van der Waals surface area contributed by atoms with Crippen LogP contribution in [0.15, 0.2) is 18.5 Å². The third-order valence-corrected chi connectivity index (χ3v) is 5.69. The molecule has 1 saturated carbocycles. The molecule has 2 aliphatic rings. The van der Waals surface area contributed by atoms with Gasteiger partial charge in [0.1, 0.15) is 11.3 Å². The van der Waals surface area contributed by atoms with Crippen molar-refractivity contribution in [3.8, 4) is 0 Å². The van der Waals surface area contributed by atoms with Crippen molar-refractivity contribution in [2.24, 2.45) is 13.0 Å². The van der Waals surface area contributed by atoms with Crippen LogP contribution in [0, 0.1) is 5.92 Å². The van der Waals surface area contributed by atoms with Crippen molar-refractivity contribution in [3.05, 3.63) is 35.7 Å². The molecule has 0 saturated heterocycles. The highest BCUT2D eigenvalue weighted by Gasteiger charge is 2.37. The van der Waals surface area contributed by atoms with Crippen LogP contribution in [-0.4, -0.2) is 46.9 Å². The summed E-state index contributed by atoms with van der Waals surface area (Å²) in [6.07, 6.45) is 6.60. The Morgan fingerprint density at radius 2 is 2.07 bits per heavy atom. The van der Waals surface area contributed by atoms with Crippen molar-refractivity contribution in [3.63, 3.8) is 0 Å². The van der Waals surface area contributed by atoms with Gasteiger partial charge in [-0.1, -0.05) is 13.8 Å². The number of fused-ring (bicyclic) bond motifs is 2. The minimum absolute atomic E-state index is 0.00321. The van der Waals surface area contributed by atoms with E-state index in [-0.39, 0.29) is 11.9 Å². The molecule has 1 amide bonds. The monoisotopic (exact) mass is 379 g/mol. The first-order valence-electron chi connectivity index (χ1n) is 10.0. The molecule has 8 nitrogen and oxygen atoms in total. The number of amides is 1. The highest BCUT2D eigenvalue weighted by atomic mass is 16.2. The van der Waals surface area contributed by atoms with Crippen molar-refractivity contribution >= 4 is 16.9 Å². The van der Waals surface area contributed by atoms with Crippen LogP contribution in [0.1, 0.15) is 67.1 Å². The Labute approximate surface area is 163 Å². The molecule has 4 heterocycles. The summed E-state index contributed by atoms with van der Waals surface area (Å²) in [5.41, 5.74) is 2.26. The number of rotatable bonds is 4. The number of hydrogen-bond acceptors (Lipinski definition) is 5. The van der Waals surface area contributed by atoms with Gasteiger partial charge in [-0.2, -0.15) is 10.2 Å². The summed E-state index contributed by atoms with van der Waals surface area (Å²) < 4.78 is 3.77. The fourth-order valence-corrected chi connectivity index (χ4v) is 4.03. The van der Waals surface area contributed by atoms with Crippen LogP contribution < -0.4 is 0 Å². The van der Waals surface area contributed by atoms with E-state index < -0.39 is 0 Å². The molecular formula is C20H25N7O. The predicted octanol–water partition coefficient (Wildman–Crippen LogP) is 2.68. The van der Waals surface area contributed by atoms with Crippen LogP contribution in [-0.2, 0) is 13.6 Å². The average molecular weight is 379 g/mol. The van der Waals surface area contributed by atoms with E-state index in [4.69, 9.17) is 10.1 Å². The lowest BCUT2D eigenvalue weighted by atomic mass is 9.99. The molecule has 0 aromatic carbocycles. The van der Waals surface area contributed by atoms with Gasteiger partial charge >= 0.3 is 0 Å². The van der Waals surface area contributed by atoms with Gasteiger partial charge in [-0.05, 0) is 31.2 Å². The van der Waals surface area contributed by atoms with Gasteiger partial charge in [0.25, 0.3) is 5.91 Å². The smallest absolute Gasteiger partial charge is 0.256 e. The van der Waals surface area contributed by atoms with Crippen LogP contribution in [0.3, 0.4) is 0 Å². The van der Waals surface area contributed by atoms with Gasteiger partial charge in [0, 0.05) is 25.7 Å². The van der Waals surface area contributed by atoms with E-state index in [2.05, 4.69) is 23.9 Å². The summed E-state index contributed by atoms with van der Waals surface area (Å²) in [7, 11) is 1.86. The summed E-state index contributed by atoms with van der Waals surface area (Å²) in [5, 5.41) is 8.95. The van der Waals surface area contributed by atoms with Gasteiger partial charge in [-0.3, -0.25) is 14.5 Å². The minimum Gasteiger partial charge on any atom is -0.326 e. The van der Waals surface area contributed by atoms with E-state index in [9.17, 15) is 4.79 Å². The molecular weight excluding hydrogens is 354 g/mol. The average Bonchev–Trinajstić information content (AvgIpc) is 3.33. The zero-order valence-electron chi connectivity index (χ0n) is 16.5. The molecule has 1 aliphatic carbocycles. The van der Waals surface area contributed by atoms with E-state index in [0.29, 0.717) is 30.5 Å². The van der Waals surface area contributed by atoms with Crippen molar-refractivity contribution in [1.29, 1.82) is 0 Å². The van der Waals surface area contributed by atoms with Crippen LogP contribution in [0.5, 0.6) is 0 Å². The highest BCUT2D eigenvalue weighted by Crippen LogP contribution is 2.40. The lowest BCUT2D eigenvalue weighted by Gasteiger charge is -2.36. The Kier molecular flexibility index (Phi) is 3.96. The molecule has 0 unspecified atom stereocenters. The Balaban J connectivity index is 1.50. The van der Waals surface area contributed by atoms with Crippen molar-refractivity contribution in [1.82, 2.24) is 34.4 Å². The first-order valence-corrected chi connectivity index (χ1v) is 10.0. The molecule has 0 radical (unpaired) electrons. The molecule has 5 rings (SSSR count). The van der Waals surface area contributed by atoms with Gasteiger partial charge in [0.05, 0.1) is 29.9 Å². The molecule has 146 valence electrons. The first-order chi connectivity index (χ1) is 13.5. The number of carbonyl (C=O) groups is 1. The molecule has 1 atom stereocenters. The fraction of sp³-hybridized carbons (Fsp3) is 0.550. The molecule has 3 aromatic heterocycles. The van der Waals surface area contributed by atoms with E-state index in [1.165, 1.54) is 12.8 Å². The van der Waals surface area contributed by atoms with Gasteiger partial charge in [-0.15, -0.1) is 0 Å². The number of aryl methyl sites for hydroxylation is 1. The molecule has 8 heteroatoms. The molecule has 3 aromatic rings. The summed E-state index contributed by atoms with van der Waals surface area (Å²) in [6, 6.07) is 1.84. The quantitative estimate of drug-likeness (QED) is 0.696. The topological polar surface area (TPSA) is 81.7 Å². The van der Waals surface area contributed by atoms with Crippen molar-refractivity contribution in [2.75, 3.05) is 6.54 Å². The second-order valence-electron chi connectivity index (χ2n) is 8.37. The molecule has 0 N–H and O–H groups in total. The molecule has 1 fully saturated rings. The fourth-order valence-electron chi connectivity index (χ4n) is 4.03. The van der Waals surface area contributed by atoms with E-state index >= 15 is 0 Å².